The van der Waals surface area contributed by atoms with Crippen LogP contribution in [0.15, 0.2) is 53.7 Å². The molecule has 0 bridgehead atoms. The molecule has 0 spiro atoms. The minimum atomic E-state index is -0.349. The van der Waals surface area contributed by atoms with Crippen molar-refractivity contribution in [2.24, 2.45) is 0 Å². The summed E-state index contributed by atoms with van der Waals surface area (Å²) >= 11 is 1.47. The highest BCUT2D eigenvalue weighted by Gasteiger charge is 2.07. The van der Waals surface area contributed by atoms with Crippen LogP contribution in [0.25, 0.3) is 11.4 Å². The van der Waals surface area contributed by atoms with Crippen LogP contribution in [0.4, 0.5) is 4.39 Å². The van der Waals surface area contributed by atoms with Gasteiger partial charge in [-0.1, -0.05) is 55.1 Å². The van der Waals surface area contributed by atoms with Gasteiger partial charge in [0.2, 0.25) is 5.16 Å². The van der Waals surface area contributed by atoms with Crippen molar-refractivity contribution in [2.45, 2.75) is 18.5 Å². The average molecular weight is 343 g/mol. The van der Waals surface area contributed by atoms with E-state index in [0.717, 1.165) is 17.8 Å². The van der Waals surface area contributed by atoms with Crippen LogP contribution < -0.4 is 4.74 Å². The minimum absolute atomic E-state index is 0.268. The molecule has 0 saturated heterocycles. The second-order valence-electron chi connectivity index (χ2n) is 5.14. The Morgan fingerprint density at radius 2 is 1.92 bits per heavy atom. The fourth-order valence-corrected chi connectivity index (χ4v) is 2.80. The number of hydrogen-bond donors (Lipinski definition) is 1. The number of aromatic nitrogens is 3. The smallest absolute Gasteiger partial charge is 0.208 e. The van der Waals surface area contributed by atoms with E-state index in [0.29, 0.717) is 17.5 Å². The molecule has 124 valence electrons. The van der Waals surface area contributed by atoms with Gasteiger partial charge < -0.3 is 4.74 Å². The number of aryl methyl sites for hydroxylation is 1. The van der Waals surface area contributed by atoms with E-state index in [1.54, 1.807) is 18.2 Å². The van der Waals surface area contributed by atoms with Gasteiger partial charge in [0.15, 0.2) is 17.4 Å². The first-order valence-corrected chi connectivity index (χ1v) is 8.76. The first-order chi connectivity index (χ1) is 11.8. The summed E-state index contributed by atoms with van der Waals surface area (Å²) < 4.78 is 18.8. The van der Waals surface area contributed by atoms with E-state index >= 15 is 0 Å². The zero-order valence-corrected chi connectivity index (χ0v) is 14.1. The van der Waals surface area contributed by atoms with Gasteiger partial charge in [-0.15, -0.1) is 5.10 Å². The quantitative estimate of drug-likeness (QED) is 0.512. The van der Waals surface area contributed by atoms with Crippen molar-refractivity contribution in [3.8, 4) is 17.1 Å². The number of nitrogens with one attached hydrogen (secondary N) is 1. The molecule has 0 aliphatic rings. The number of ether oxygens (including phenoxy) is 1. The van der Waals surface area contributed by atoms with Crippen LogP contribution in [0, 0.1) is 5.82 Å². The lowest BCUT2D eigenvalue weighted by atomic mass is 10.1. The van der Waals surface area contributed by atoms with Crippen molar-refractivity contribution in [1.82, 2.24) is 15.2 Å². The van der Waals surface area contributed by atoms with E-state index in [1.165, 1.54) is 23.4 Å². The maximum absolute atomic E-state index is 13.4. The lowest BCUT2D eigenvalue weighted by molar-refractivity contribution is 0.325. The van der Waals surface area contributed by atoms with E-state index in [-0.39, 0.29) is 11.6 Å². The predicted octanol–water partition coefficient (Wildman–Crippen LogP) is 4.34. The van der Waals surface area contributed by atoms with Crippen molar-refractivity contribution < 1.29 is 9.13 Å². The van der Waals surface area contributed by atoms with Gasteiger partial charge in [0.1, 0.15) is 0 Å². The Kier molecular flexibility index (Phi) is 5.48. The Hall–Kier alpha value is -2.34. The summed E-state index contributed by atoms with van der Waals surface area (Å²) in [5.41, 5.74) is 2.30. The topological polar surface area (TPSA) is 50.8 Å². The van der Waals surface area contributed by atoms with Crippen LogP contribution in [0.2, 0.25) is 0 Å². The number of aromatic amines is 1. The van der Waals surface area contributed by atoms with Gasteiger partial charge in [-0.2, -0.15) is 0 Å². The molecule has 0 aliphatic heterocycles. The van der Waals surface area contributed by atoms with E-state index in [1.807, 2.05) is 12.1 Å². The third-order valence-electron chi connectivity index (χ3n) is 3.51. The van der Waals surface area contributed by atoms with Gasteiger partial charge in [0, 0.05) is 11.3 Å². The molecule has 3 aromatic rings. The lowest BCUT2D eigenvalue weighted by Crippen LogP contribution is -2.01. The van der Waals surface area contributed by atoms with E-state index in [9.17, 15) is 4.39 Å². The normalized spacial score (nSPS) is 10.8. The molecular weight excluding hydrogens is 325 g/mol. The van der Waals surface area contributed by atoms with Gasteiger partial charge in [-0.25, -0.2) is 9.37 Å². The summed E-state index contributed by atoms with van der Waals surface area (Å²) in [4.78, 5) is 4.46. The largest absolute Gasteiger partial charge is 0.490 e. The average Bonchev–Trinajstić information content (AvgIpc) is 3.09. The zero-order chi connectivity index (χ0) is 16.8. The maximum Gasteiger partial charge on any atom is 0.208 e. The first kappa shape index (κ1) is 16.5. The van der Waals surface area contributed by atoms with E-state index in [4.69, 9.17) is 4.74 Å². The number of rotatable bonds is 7. The van der Waals surface area contributed by atoms with Crippen LogP contribution in [-0.2, 0) is 6.42 Å². The maximum atomic E-state index is 13.4. The molecule has 1 heterocycles. The predicted molar refractivity (Wildman–Crippen MR) is 93.8 cm³/mol. The lowest BCUT2D eigenvalue weighted by Gasteiger charge is -2.05. The molecule has 0 aliphatic carbocycles. The summed E-state index contributed by atoms with van der Waals surface area (Å²) in [6.07, 6.45) is 1.01. The molecule has 6 heteroatoms. The number of hydrogen-bond acceptors (Lipinski definition) is 4. The number of thioether (sulfide) groups is 1. The summed E-state index contributed by atoms with van der Waals surface area (Å²) in [7, 11) is 0. The molecule has 24 heavy (non-hydrogen) atoms. The van der Waals surface area contributed by atoms with E-state index in [2.05, 4.69) is 34.2 Å². The number of H-pyrrole nitrogens is 1. The number of halogens is 1. The molecule has 0 atom stereocenters. The molecule has 0 fully saturated rings. The Labute approximate surface area is 144 Å². The molecule has 0 saturated carbocycles. The van der Waals surface area contributed by atoms with Gasteiger partial charge >= 0.3 is 0 Å². The van der Waals surface area contributed by atoms with Crippen molar-refractivity contribution >= 4 is 11.8 Å². The second-order valence-corrected chi connectivity index (χ2v) is 6.21. The van der Waals surface area contributed by atoms with Crippen molar-refractivity contribution in [3.05, 3.63) is 59.9 Å². The van der Waals surface area contributed by atoms with Crippen LogP contribution in [0.3, 0.4) is 0 Å². The van der Waals surface area contributed by atoms with Crippen LogP contribution in [0.5, 0.6) is 5.75 Å². The van der Waals surface area contributed by atoms with Crippen LogP contribution in [0.1, 0.15) is 12.5 Å². The summed E-state index contributed by atoms with van der Waals surface area (Å²) in [6.45, 7) is 2.52. The minimum Gasteiger partial charge on any atom is -0.490 e. The molecule has 3 rings (SSSR count). The van der Waals surface area contributed by atoms with Crippen molar-refractivity contribution in [3.63, 3.8) is 0 Å². The summed E-state index contributed by atoms with van der Waals surface area (Å²) in [6, 6.07) is 14.6. The Balaban J connectivity index is 1.51. The molecule has 1 aromatic heterocycles. The summed E-state index contributed by atoms with van der Waals surface area (Å²) in [5, 5.41) is 7.79. The molecule has 2 aromatic carbocycles. The highest BCUT2D eigenvalue weighted by molar-refractivity contribution is 7.99. The molecule has 0 amide bonds. The number of benzene rings is 2. The molecule has 0 unspecified atom stereocenters. The van der Waals surface area contributed by atoms with Gasteiger partial charge in [0.25, 0.3) is 0 Å². The van der Waals surface area contributed by atoms with Crippen LogP contribution in [-0.4, -0.2) is 27.5 Å². The van der Waals surface area contributed by atoms with Gasteiger partial charge in [-0.3, -0.25) is 5.10 Å². The Morgan fingerprint density at radius 1 is 1.12 bits per heavy atom. The van der Waals surface area contributed by atoms with Crippen molar-refractivity contribution in [1.29, 1.82) is 0 Å². The van der Waals surface area contributed by atoms with Gasteiger partial charge in [-0.05, 0) is 24.1 Å². The first-order valence-electron chi connectivity index (χ1n) is 7.78. The summed E-state index contributed by atoms with van der Waals surface area (Å²) in [5.74, 6) is 1.30. The monoisotopic (exact) mass is 343 g/mol. The SMILES string of the molecule is CCc1ccc(-c2nc(SCCOc3ccccc3F)n[nH]2)cc1. The fourth-order valence-electron chi connectivity index (χ4n) is 2.18. The van der Waals surface area contributed by atoms with Crippen LogP contribution >= 0.6 is 11.8 Å². The third-order valence-corrected chi connectivity index (χ3v) is 4.32. The molecular formula is C18H18FN3OS. The highest BCUT2D eigenvalue weighted by Crippen LogP contribution is 2.20. The molecule has 1 N–H and O–H groups in total. The zero-order valence-electron chi connectivity index (χ0n) is 13.3. The van der Waals surface area contributed by atoms with Gasteiger partial charge in [0.05, 0.1) is 6.61 Å². The fraction of sp³-hybridized carbons (Fsp3) is 0.222. The Bertz CT molecular complexity index is 789. The third kappa shape index (κ3) is 4.14. The molecule has 4 nitrogen and oxygen atoms in total. The second kappa shape index (κ2) is 7.97. The number of nitrogens with zero attached hydrogens (tertiary/aromatic N) is 2. The molecule has 0 radical (unpaired) electrons. The number of para-hydroxylation sites is 1. The highest BCUT2D eigenvalue weighted by atomic mass is 32.2. The van der Waals surface area contributed by atoms with Crippen molar-refractivity contribution in [2.75, 3.05) is 12.4 Å². The standard InChI is InChI=1S/C18H18FN3OS/c1-2-13-7-9-14(10-8-13)17-20-18(22-21-17)24-12-11-23-16-6-4-3-5-15(16)19/h3-10H,2,11-12H2,1H3,(H,20,21,22). The Morgan fingerprint density at radius 3 is 2.67 bits per heavy atom. The van der Waals surface area contributed by atoms with E-state index < -0.39 is 0 Å².